The van der Waals surface area contributed by atoms with E-state index in [0.717, 1.165) is 22.5 Å². The number of thioether (sulfide) groups is 1. The average molecular weight is 537 g/mol. The van der Waals surface area contributed by atoms with Gasteiger partial charge in [0.1, 0.15) is 11.8 Å². The van der Waals surface area contributed by atoms with Gasteiger partial charge < -0.3 is 9.64 Å². The minimum absolute atomic E-state index is 0.112. The van der Waals surface area contributed by atoms with Crippen molar-refractivity contribution < 1.29 is 19.1 Å². The maximum atomic E-state index is 13.8. The first-order chi connectivity index (χ1) is 17.9. The number of hydrogen-bond donors (Lipinski definition) is 0. The van der Waals surface area contributed by atoms with Gasteiger partial charge in [-0.1, -0.05) is 46.9 Å². The highest BCUT2D eigenvalue weighted by molar-refractivity contribution is 8.00. The zero-order valence-electron chi connectivity index (χ0n) is 20.0. The Morgan fingerprint density at radius 2 is 1.84 bits per heavy atom. The number of imide groups is 1. The molecule has 3 amide bonds. The number of thiazole rings is 1. The molecule has 2 saturated heterocycles. The van der Waals surface area contributed by atoms with Crippen molar-refractivity contribution >= 4 is 46.5 Å². The van der Waals surface area contributed by atoms with Gasteiger partial charge in [0.05, 0.1) is 29.8 Å². The standard InChI is InChI=1S/C26H24N4O5S2/c1-15-4-6-17(7-5-15)30-23(32)20-19(16-3-2-8-27-13-16)22-25(36-21(20)24(30)33)29(26(34)37-22)14-18(31)28-9-11-35-12-10-28/h2-8,13,19-21H,9-12,14H2,1H3. The molecule has 9 nitrogen and oxygen atoms in total. The van der Waals surface area contributed by atoms with E-state index in [-0.39, 0.29) is 29.1 Å². The fraction of sp³-hybridized carbons (Fsp3) is 0.346. The zero-order chi connectivity index (χ0) is 25.7. The number of aryl methyl sites for hydroxylation is 1. The topological polar surface area (TPSA) is 102 Å². The SMILES string of the molecule is Cc1ccc(N2C(=O)C3Sc4c(sc(=O)n4CC(=O)N4CCOCC4)C(c4cccnc4)C3C2=O)cc1. The Bertz CT molecular complexity index is 1430. The third-order valence-corrected chi connectivity index (χ3v) is 9.65. The van der Waals surface area contributed by atoms with Crippen molar-refractivity contribution in [2.75, 3.05) is 31.2 Å². The summed E-state index contributed by atoms with van der Waals surface area (Å²) in [6.45, 7) is 3.73. The van der Waals surface area contributed by atoms with Gasteiger partial charge in [-0.3, -0.25) is 28.7 Å². The van der Waals surface area contributed by atoms with Crippen LogP contribution in [0.15, 0.2) is 58.6 Å². The van der Waals surface area contributed by atoms with Crippen LogP contribution in [0.25, 0.3) is 0 Å². The zero-order valence-corrected chi connectivity index (χ0v) is 21.7. The Balaban J connectivity index is 1.42. The lowest BCUT2D eigenvalue weighted by atomic mass is 9.84. The summed E-state index contributed by atoms with van der Waals surface area (Å²) < 4.78 is 6.81. The second-order valence-electron chi connectivity index (χ2n) is 9.29. The molecule has 3 aliphatic rings. The van der Waals surface area contributed by atoms with Crippen LogP contribution in [0.2, 0.25) is 0 Å². The molecule has 2 aromatic heterocycles. The molecule has 0 radical (unpaired) electrons. The Hall–Kier alpha value is -3.28. The van der Waals surface area contributed by atoms with Gasteiger partial charge in [0.15, 0.2) is 0 Å². The monoisotopic (exact) mass is 536 g/mol. The van der Waals surface area contributed by atoms with Gasteiger partial charge in [0.25, 0.3) is 0 Å². The molecule has 0 spiro atoms. The number of ether oxygens (including phenoxy) is 1. The minimum Gasteiger partial charge on any atom is -0.378 e. The Morgan fingerprint density at radius 3 is 2.54 bits per heavy atom. The molecule has 0 saturated carbocycles. The highest BCUT2D eigenvalue weighted by Crippen LogP contribution is 2.53. The van der Waals surface area contributed by atoms with Crippen molar-refractivity contribution in [2.45, 2.75) is 29.7 Å². The number of carbonyl (C=O) groups is 3. The van der Waals surface area contributed by atoms with E-state index < -0.39 is 17.1 Å². The van der Waals surface area contributed by atoms with Gasteiger partial charge in [-0.2, -0.15) is 0 Å². The van der Waals surface area contributed by atoms with E-state index in [4.69, 9.17) is 4.74 Å². The van der Waals surface area contributed by atoms with Crippen molar-refractivity contribution in [3.8, 4) is 0 Å². The van der Waals surface area contributed by atoms with E-state index in [2.05, 4.69) is 4.98 Å². The van der Waals surface area contributed by atoms with E-state index in [1.165, 1.54) is 21.2 Å². The summed E-state index contributed by atoms with van der Waals surface area (Å²) in [6, 6.07) is 10.9. The Kier molecular flexibility index (Phi) is 6.21. The maximum Gasteiger partial charge on any atom is 0.308 e. The third kappa shape index (κ3) is 4.11. The van der Waals surface area contributed by atoms with Crippen molar-refractivity contribution in [1.29, 1.82) is 0 Å². The van der Waals surface area contributed by atoms with Crippen molar-refractivity contribution in [1.82, 2.24) is 14.5 Å². The van der Waals surface area contributed by atoms with E-state index in [0.29, 0.717) is 41.9 Å². The van der Waals surface area contributed by atoms with Crippen LogP contribution in [0, 0.1) is 12.8 Å². The summed E-state index contributed by atoms with van der Waals surface area (Å²) in [4.78, 5) is 61.4. The molecular weight excluding hydrogens is 512 g/mol. The van der Waals surface area contributed by atoms with E-state index >= 15 is 0 Å². The van der Waals surface area contributed by atoms with Crippen LogP contribution in [0.1, 0.15) is 21.9 Å². The van der Waals surface area contributed by atoms with Crippen LogP contribution in [0.4, 0.5) is 5.69 Å². The summed E-state index contributed by atoms with van der Waals surface area (Å²) >= 11 is 2.26. The fourth-order valence-electron chi connectivity index (χ4n) is 5.17. The largest absolute Gasteiger partial charge is 0.378 e. The molecule has 11 heteroatoms. The van der Waals surface area contributed by atoms with Gasteiger partial charge in [0.2, 0.25) is 17.7 Å². The van der Waals surface area contributed by atoms with E-state index in [1.54, 1.807) is 35.5 Å². The highest BCUT2D eigenvalue weighted by Gasteiger charge is 2.56. The summed E-state index contributed by atoms with van der Waals surface area (Å²) in [5.74, 6) is -1.96. The molecule has 6 rings (SSSR count). The number of nitrogens with zero attached hydrogens (tertiary/aromatic N) is 4. The predicted molar refractivity (Wildman–Crippen MR) is 139 cm³/mol. The average Bonchev–Trinajstić information content (AvgIpc) is 3.36. The molecule has 190 valence electrons. The Morgan fingerprint density at radius 1 is 1.08 bits per heavy atom. The number of anilines is 1. The lowest BCUT2D eigenvalue weighted by Gasteiger charge is -2.31. The molecule has 3 aliphatic heterocycles. The highest BCUT2D eigenvalue weighted by atomic mass is 32.2. The lowest BCUT2D eigenvalue weighted by Crippen LogP contribution is -2.43. The molecule has 2 fully saturated rings. The van der Waals surface area contributed by atoms with Crippen LogP contribution >= 0.6 is 23.1 Å². The molecule has 1 aromatic carbocycles. The van der Waals surface area contributed by atoms with Gasteiger partial charge in [-0.05, 0) is 30.7 Å². The molecular formula is C26H24N4O5S2. The van der Waals surface area contributed by atoms with E-state index in [9.17, 15) is 19.2 Å². The van der Waals surface area contributed by atoms with Crippen LogP contribution in [-0.4, -0.2) is 63.7 Å². The number of hydrogen-bond acceptors (Lipinski definition) is 8. The molecule has 0 N–H and O–H groups in total. The molecule has 0 bridgehead atoms. The summed E-state index contributed by atoms with van der Waals surface area (Å²) in [7, 11) is 0. The first kappa shape index (κ1) is 24.1. The molecule has 5 heterocycles. The summed E-state index contributed by atoms with van der Waals surface area (Å²) in [5, 5.41) is -0.135. The number of carbonyl (C=O) groups excluding carboxylic acids is 3. The molecule has 37 heavy (non-hydrogen) atoms. The fourth-order valence-corrected chi connectivity index (χ4v) is 7.94. The minimum atomic E-state index is -0.717. The first-order valence-corrected chi connectivity index (χ1v) is 13.7. The van der Waals surface area contributed by atoms with Crippen LogP contribution < -0.4 is 9.77 Å². The number of pyridine rings is 1. The van der Waals surface area contributed by atoms with E-state index in [1.807, 2.05) is 25.1 Å². The second-order valence-corrected chi connectivity index (χ2v) is 11.4. The van der Waals surface area contributed by atoms with Crippen molar-refractivity contribution in [2.24, 2.45) is 5.92 Å². The number of aromatic nitrogens is 2. The molecule has 3 aromatic rings. The number of fused-ring (bicyclic) bond motifs is 2. The smallest absolute Gasteiger partial charge is 0.308 e. The van der Waals surface area contributed by atoms with Crippen molar-refractivity contribution in [3.05, 3.63) is 74.5 Å². The first-order valence-electron chi connectivity index (χ1n) is 12.0. The van der Waals surface area contributed by atoms with Crippen LogP contribution in [-0.2, 0) is 25.7 Å². The number of amides is 3. The predicted octanol–water partition coefficient (Wildman–Crippen LogP) is 2.27. The number of rotatable bonds is 4. The van der Waals surface area contributed by atoms with Crippen LogP contribution in [0.3, 0.4) is 0 Å². The Labute approximate surface area is 221 Å². The lowest BCUT2D eigenvalue weighted by molar-refractivity contribution is -0.136. The van der Waals surface area contributed by atoms with Crippen molar-refractivity contribution in [3.63, 3.8) is 0 Å². The third-order valence-electron chi connectivity index (χ3n) is 7.04. The quantitative estimate of drug-likeness (QED) is 0.472. The van der Waals surface area contributed by atoms with Gasteiger partial charge in [-0.15, -0.1) is 0 Å². The maximum absolute atomic E-state index is 13.8. The van der Waals surface area contributed by atoms with Gasteiger partial charge >= 0.3 is 4.87 Å². The molecule has 3 atom stereocenters. The van der Waals surface area contributed by atoms with Gasteiger partial charge in [-0.25, -0.2) is 4.90 Å². The summed E-state index contributed by atoms with van der Waals surface area (Å²) in [6.07, 6.45) is 3.33. The van der Waals surface area contributed by atoms with Crippen LogP contribution in [0.5, 0.6) is 0 Å². The molecule has 0 aliphatic carbocycles. The second kappa shape index (κ2) is 9.55. The summed E-state index contributed by atoms with van der Waals surface area (Å²) in [5.41, 5.74) is 2.32. The van der Waals surface area contributed by atoms with Gasteiger partial charge in [0, 0.05) is 36.3 Å². The number of benzene rings is 1. The molecule has 3 unspecified atom stereocenters. The number of morpholine rings is 1. The normalized spacial score (nSPS) is 23.2.